The Hall–Kier alpha value is -3.96. The number of ether oxygens (including phenoxy) is 3. The lowest BCUT2D eigenvalue weighted by molar-refractivity contribution is -0.161. The number of rotatable bonds is 13. The summed E-state index contributed by atoms with van der Waals surface area (Å²) in [6.07, 6.45) is -3.75. The predicted molar refractivity (Wildman–Crippen MR) is 173 cm³/mol. The highest BCUT2D eigenvalue weighted by Crippen LogP contribution is 2.38. The molecule has 8 nitrogen and oxygen atoms in total. The summed E-state index contributed by atoms with van der Waals surface area (Å²) in [5.41, 5.74) is 3.61. The van der Waals surface area contributed by atoms with E-state index in [1.165, 1.54) is 12.1 Å². The molecule has 1 saturated heterocycles. The van der Waals surface area contributed by atoms with E-state index < -0.39 is 24.2 Å². The van der Waals surface area contributed by atoms with Gasteiger partial charge in [-0.3, -0.25) is 10.1 Å². The van der Waals surface area contributed by atoms with Gasteiger partial charge in [0.1, 0.15) is 6.04 Å². The van der Waals surface area contributed by atoms with Gasteiger partial charge in [-0.1, -0.05) is 51.1 Å². The summed E-state index contributed by atoms with van der Waals surface area (Å²) in [5, 5.41) is 9.02. The van der Waals surface area contributed by atoms with Crippen molar-refractivity contribution in [1.82, 2.24) is 10.6 Å². The molecule has 3 atom stereocenters. The minimum absolute atomic E-state index is 0.00583. The number of halogens is 3. The van der Waals surface area contributed by atoms with Gasteiger partial charge in [0.25, 0.3) is 0 Å². The fourth-order valence-corrected chi connectivity index (χ4v) is 5.70. The third kappa shape index (κ3) is 8.64. The first-order chi connectivity index (χ1) is 22.1. The molecular weight excluding hydrogens is 597 g/mol. The molecule has 0 unspecified atom stereocenters. The molecule has 0 bridgehead atoms. The van der Waals surface area contributed by atoms with E-state index in [9.17, 15) is 18.0 Å². The molecule has 1 fully saturated rings. The average Bonchev–Trinajstić information content (AvgIpc) is 3.53. The van der Waals surface area contributed by atoms with Crippen molar-refractivity contribution < 1.29 is 32.2 Å². The third-order valence-electron chi connectivity index (χ3n) is 8.30. The van der Waals surface area contributed by atoms with Crippen molar-refractivity contribution in [2.45, 2.75) is 57.9 Å². The van der Waals surface area contributed by atoms with Crippen LogP contribution in [-0.2, 0) is 9.53 Å². The third-order valence-corrected chi connectivity index (χ3v) is 8.30. The van der Waals surface area contributed by atoms with Crippen molar-refractivity contribution in [2.24, 2.45) is 5.92 Å². The van der Waals surface area contributed by atoms with Gasteiger partial charge in [-0.05, 0) is 71.8 Å². The van der Waals surface area contributed by atoms with Crippen molar-refractivity contribution in [2.75, 3.05) is 49.9 Å². The van der Waals surface area contributed by atoms with Gasteiger partial charge in [0, 0.05) is 37.1 Å². The highest BCUT2D eigenvalue weighted by atomic mass is 19.4. The number of hydrogen-bond donors (Lipinski definition) is 3. The van der Waals surface area contributed by atoms with E-state index in [1.807, 2.05) is 39.0 Å². The topological polar surface area (TPSA) is 84.1 Å². The van der Waals surface area contributed by atoms with Gasteiger partial charge >= 0.3 is 6.18 Å². The Bertz CT molecular complexity index is 1430. The van der Waals surface area contributed by atoms with E-state index in [1.54, 1.807) is 24.3 Å². The fraction of sp³-hybridized carbons (Fsp3) is 0.457. The highest BCUT2D eigenvalue weighted by molar-refractivity contribution is 5.82. The smallest absolute Gasteiger partial charge is 0.407 e. The molecule has 2 aliphatic rings. The van der Waals surface area contributed by atoms with E-state index in [-0.39, 0.29) is 30.7 Å². The van der Waals surface area contributed by atoms with Gasteiger partial charge in [-0.15, -0.1) is 0 Å². The minimum atomic E-state index is -4.62. The number of alkyl halides is 3. The molecule has 0 aromatic heterocycles. The number of fused-ring (bicyclic) bond motifs is 1. The zero-order valence-electron chi connectivity index (χ0n) is 26.5. The van der Waals surface area contributed by atoms with Crippen LogP contribution in [-0.4, -0.2) is 63.8 Å². The molecule has 0 radical (unpaired) electrons. The monoisotopic (exact) mass is 640 g/mol. The molecule has 248 valence electrons. The lowest BCUT2D eigenvalue weighted by atomic mass is 9.97. The molecular formula is C35H43F3N4O4. The van der Waals surface area contributed by atoms with Crippen LogP contribution in [0.3, 0.4) is 0 Å². The van der Waals surface area contributed by atoms with Crippen molar-refractivity contribution in [3.8, 4) is 22.6 Å². The quantitative estimate of drug-likeness (QED) is 0.196. The summed E-state index contributed by atoms with van der Waals surface area (Å²) >= 11 is 0. The van der Waals surface area contributed by atoms with Crippen LogP contribution < -0.4 is 30.3 Å². The first-order valence-electron chi connectivity index (χ1n) is 15.9. The van der Waals surface area contributed by atoms with Crippen LogP contribution in [0.4, 0.5) is 24.5 Å². The Morgan fingerprint density at radius 1 is 0.913 bits per heavy atom. The first kappa shape index (κ1) is 33.4. The van der Waals surface area contributed by atoms with Gasteiger partial charge in [0.05, 0.1) is 19.3 Å². The summed E-state index contributed by atoms with van der Waals surface area (Å²) in [4.78, 5) is 15.8. The summed E-state index contributed by atoms with van der Waals surface area (Å²) in [6, 6.07) is 16.4. The highest BCUT2D eigenvalue weighted by Gasteiger charge is 2.43. The fourth-order valence-electron chi connectivity index (χ4n) is 5.70. The minimum Gasteiger partial charge on any atom is -0.454 e. The van der Waals surface area contributed by atoms with Gasteiger partial charge in [-0.25, -0.2) is 0 Å². The lowest BCUT2D eigenvalue weighted by Gasteiger charge is -2.30. The van der Waals surface area contributed by atoms with E-state index in [2.05, 4.69) is 33.0 Å². The Kier molecular flexibility index (Phi) is 11.0. The Morgan fingerprint density at radius 2 is 1.59 bits per heavy atom. The number of benzene rings is 3. The Morgan fingerprint density at radius 3 is 2.24 bits per heavy atom. The van der Waals surface area contributed by atoms with Crippen molar-refractivity contribution in [3.05, 3.63) is 72.3 Å². The van der Waals surface area contributed by atoms with Crippen molar-refractivity contribution in [3.63, 3.8) is 0 Å². The zero-order valence-corrected chi connectivity index (χ0v) is 26.5. The maximum atomic E-state index is 14.5. The molecule has 2 aliphatic heterocycles. The van der Waals surface area contributed by atoms with Crippen LogP contribution >= 0.6 is 0 Å². The maximum absolute atomic E-state index is 14.5. The number of amides is 1. The Labute approximate surface area is 268 Å². The number of morpholine rings is 1. The molecule has 0 aliphatic carbocycles. The summed E-state index contributed by atoms with van der Waals surface area (Å²) in [6.45, 7) is 9.44. The van der Waals surface area contributed by atoms with Crippen molar-refractivity contribution >= 4 is 17.3 Å². The van der Waals surface area contributed by atoms with Gasteiger partial charge in [0.15, 0.2) is 11.5 Å². The molecule has 0 saturated carbocycles. The molecule has 46 heavy (non-hydrogen) atoms. The second-order valence-corrected chi connectivity index (χ2v) is 12.2. The number of nitrogens with one attached hydrogen (secondary N) is 3. The van der Waals surface area contributed by atoms with E-state index >= 15 is 0 Å². The molecule has 11 heteroatoms. The number of carbonyl (C=O) groups excluding carboxylic acids is 1. The van der Waals surface area contributed by atoms with Crippen LogP contribution in [0, 0.1) is 5.92 Å². The largest absolute Gasteiger partial charge is 0.454 e. The van der Waals surface area contributed by atoms with Crippen molar-refractivity contribution in [1.29, 1.82) is 0 Å². The summed E-state index contributed by atoms with van der Waals surface area (Å²) < 4.78 is 59.7. The van der Waals surface area contributed by atoms with E-state index in [4.69, 9.17) is 14.2 Å². The molecule has 2 heterocycles. The van der Waals surface area contributed by atoms with E-state index in [0.29, 0.717) is 37.7 Å². The van der Waals surface area contributed by atoms with Crippen LogP contribution in [0.1, 0.15) is 45.2 Å². The SMILES string of the molecule is CC[C@@H](CNc1ccc(N2CCOCC2)cc1)NC(=O)[C@H](CC(C)C)N[C@@H](c1ccc(-c2ccc3c(c2)OCO3)cc1)C(F)(F)F. The lowest BCUT2D eigenvalue weighted by Crippen LogP contribution is -2.52. The summed E-state index contributed by atoms with van der Waals surface area (Å²) in [7, 11) is 0. The maximum Gasteiger partial charge on any atom is 0.407 e. The molecule has 3 N–H and O–H groups in total. The molecule has 0 spiro atoms. The molecule has 3 aromatic rings. The summed E-state index contributed by atoms with van der Waals surface area (Å²) in [5.74, 6) is 0.779. The molecule has 5 rings (SSSR count). The average molecular weight is 641 g/mol. The van der Waals surface area contributed by atoms with E-state index in [0.717, 1.165) is 35.6 Å². The normalized spacial score (nSPS) is 16.6. The van der Waals surface area contributed by atoms with Crippen LogP contribution in [0.2, 0.25) is 0 Å². The second-order valence-electron chi connectivity index (χ2n) is 12.2. The van der Waals surface area contributed by atoms with Gasteiger partial charge < -0.3 is 29.7 Å². The Balaban J connectivity index is 1.23. The molecule has 3 aromatic carbocycles. The van der Waals surface area contributed by atoms with Gasteiger partial charge in [-0.2, -0.15) is 13.2 Å². The van der Waals surface area contributed by atoms with Gasteiger partial charge in [0.2, 0.25) is 12.7 Å². The van der Waals surface area contributed by atoms with Crippen LogP contribution in [0.5, 0.6) is 11.5 Å². The second kappa shape index (κ2) is 15.1. The number of hydrogen-bond acceptors (Lipinski definition) is 7. The zero-order chi connectivity index (χ0) is 32.7. The van der Waals surface area contributed by atoms with Crippen LogP contribution in [0.15, 0.2) is 66.7 Å². The van der Waals surface area contributed by atoms with Crippen LogP contribution in [0.25, 0.3) is 11.1 Å². The molecule has 1 amide bonds. The number of nitrogens with zero attached hydrogens (tertiary/aromatic N) is 1. The number of carbonyl (C=O) groups is 1. The predicted octanol–water partition coefficient (Wildman–Crippen LogP) is 6.53. The number of anilines is 2. The standard InChI is InChI=1S/C35H43F3N4O4/c1-4-27(21-39-28-10-12-29(13-11-28)42-15-17-44-18-16-42)40-34(43)30(19-23(2)3)41-33(35(36,37)38)25-7-5-24(6-8-25)26-9-14-31-32(20-26)46-22-45-31/h5-14,20,23,27,30,33,39,41H,4,15-19,21-22H2,1-3H3,(H,40,43)/t27-,30-,33-/m0/s1. The first-order valence-corrected chi connectivity index (χ1v) is 15.9.